The Morgan fingerprint density at radius 1 is 1.57 bits per heavy atom. The molecular formula is C11H24N2S. The van der Waals surface area contributed by atoms with Gasteiger partial charge >= 0.3 is 0 Å². The summed E-state index contributed by atoms with van der Waals surface area (Å²) in [4.78, 5) is 2.59. The zero-order valence-electron chi connectivity index (χ0n) is 9.70. The van der Waals surface area contributed by atoms with Gasteiger partial charge in [-0.2, -0.15) is 11.8 Å². The van der Waals surface area contributed by atoms with Crippen LogP contribution in [0.1, 0.15) is 27.2 Å². The second-order valence-electron chi connectivity index (χ2n) is 4.36. The van der Waals surface area contributed by atoms with Crippen molar-refractivity contribution in [2.75, 3.05) is 25.4 Å². The van der Waals surface area contributed by atoms with E-state index in [4.69, 9.17) is 5.73 Å². The van der Waals surface area contributed by atoms with Crippen molar-refractivity contribution in [1.82, 2.24) is 4.90 Å². The zero-order chi connectivity index (χ0) is 10.6. The molecule has 3 heteroatoms. The minimum Gasteiger partial charge on any atom is -0.329 e. The van der Waals surface area contributed by atoms with Crippen molar-refractivity contribution in [2.24, 2.45) is 11.7 Å². The Balaban J connectivity index is 2.50. The number of hydrogen-bond donors (Lipinski definition) is 1. The molecule has 84 valence electrons. The summed E-state index contributed by atoms with van der Waals surface area (Å²) in [5.74, 6) is 2.00. The van der Waals surface area contributed by atoms with E-state index in [1.54, 1.807) is 0 Å². The topological polar surface area (TPSA) is 29.3 Å². The largest absolute Gasteiger partial charge is 0.329 e. The van der Waals surface area contributed by atoms with Gasteiger partial charge in [-0.05, 0) is 5.92 Å². The van der Waals surface area contributed by atoms with Gasteiger partial charge in [0.2, 0.25) is 0 Å². The molecule has 1 fully saturated rings. The smallest absolute Gasteiger partial charge is 0.0244 e. The van der Waals surface area contributed by atoms with Gasteiger partial charge in [-0.1, -0.05) is 27.2 Å². The molecule has 0 aromatic carbocycles. The molecule has 0 aromatic heterocycles. The summed E-state index contributed by atoms with van der Waals surface area (Å²) in [5, 5.41) is 0.779. The molecule has 14 heavy (non-hydrogen) atoms. The quantitative estimate of drug-likeness (QED) is 0.777. The average Bonchev–Trinajstić information content (AvgIpc) is 2.19. The van der Waals surface area contributed by atoms with Crippen molar-refractivity contribution < 1.29 is 0 Å². The second-order valence-corrected chi connectivity index (χ2v) is 5.91. The zero-order valence-corrected chi connectivity index (χ0v) is 10.5. The summed E-state index contributed by atoms with van der Waals surface area (Å²) in [6, 6.07) is 0.600. The van der Waals surface area contributed by atoms with Crippen LogP contribution in [0, 0.1) is 5.92 Å². The number of hydrogen-bond acceptors (Lipinski definition) is 3. The molecule has 2 N–H and O–H groups in total. The third kappa shape index (κ3) is 3.14. The molecule has 1 aliphatic heterocycles. The van der Waals surface area contributed by atoms with Crippen LogP contribution in [0.25, 0.3) is 0 Å². The molecule has 0 aromatic rings. The Morgan fingerprint density at radius 2 is 2.29 bits per heavy atom. The normalized spacial score (nSPS) is 28.7. The van der Waals surface area contributed by atoms with Crippen LogP contribution in [0.15, 0.2) is 0 Å². The maximum atomic E-state index is 5.88. The van der Waals surface area contributed by atoms with E-state index in [1.807, 2.05) is 0 Å². The fourth-order valence-corrected chi connectivity index (χ4v) is 3.20. The van der Waals surface area contributed by atoms with Gasteiger partial charge in [-0.25, -0.2) is 0 Å². The molecular weight excluding hydrogens is 192 g/mol. The highest BCUT2D eigenvalue weighted by Gasteiger charge is 2.26. The van der Waals surface area contributed by atoms with Gasteiger partial charge in [-0.15, -0.1) is 0 Å². The van der Waals surface area contributed by atoms with Crippen LogP contribution < -0.4 is 5.73 Å². The lowest BCUT2D eigenvalue weighted by atomic mass is 9.97. The highest BCUT2D eigenvalue weighted by atomic mass is 32.2. The summed E-state index contributed by atoms with van der Waals surface area (Å²) in [7, 11) is 0. The van der Waals surface area contributed by atoms with E-state index in [-0.39, 0.29) is 0 Å². The Morgan fingerprint density at radius 3 is 2.79 bits per heavy atom. The van der Waals surface area contributed by atoms with E-state index >= 15 is 0 Å². The van der Waals surface area contributed by atoms with Crippen molar-refractivity contribution in [3.8, 4) is 0 Å². The number of thioether (sulfide) groups is 1. The minimum absolute atomic E-state index is 0.600. The monoisotopic (exact) mass is 216 g/mol. The lowest BCUT2D eigenvalue weighted by Crippen LogP contribution is -2.50. The highest BCUT2D eigenvalue weighted by molar-refractivity contribution is 7.99. The Kier molecular flexibility index (Phi) is 5.28. The fourth-order valence-electron chi connectivity index (χ4n) is 2.16. The molecule has 0 bridgehead atoms. The first-order valence-electron chi connectivity index (χ1n) is 5.74. The third-order valence-electron chi connectivity index (χ3n) is 3.28. The van der Waals surface area contributed by atoms with Crippen molar-refractivity contribution in [3.63, 3.8) is 0 Å². The first kappa shape index (κ1) is 12.3. The van der Waals surface area contributed by atoms with Gasteiger partial charge in [0.1, 0.15) is 0 Å². The first-order valence-corrected chi connectivity index (χ1v) is 6.79. The molecule has 0 spiro atoms. The fraction of sp³-hybridized carbons (Fsp3) is 1.00. The van der Waals surface area contributed by atoms with Gasteiger partial charge in [0.15, 0.2) is 0 Å². The van der Waals surface area contributed by atoms with Crippen LogP contribution in [0.4, 0.5) is 0 Å². The standard InChI is InChI=1S/C11H24N2S/c1-4-9(2)11(7-12)13-5-6-14-10(3)8-13/h9-11H,4-8,12H2,1-3H3. The Labute approximate surface area is 92.6 Å². The first-order chi connectivity index (χ1) is 6.69. The van der Waals surface area contributed by atoms with Crippen molar-refractivity contribution >= 4 is 11.8 Å². The predicted molar refractivity (Wildman–Crippen MR) is 65.8 cm³/mol. The maximum absolute atomic E-state index is 5.88. The van der Waals surface area contributed by atoms with Crippen LogP contribution in [-0.4, -0.2) is 41.6 Å². The average molecular weight is 216 g/mol. The van der Waals surface area contributed by atoms with Gasteiger partial charge < -0.3 is 5.73 Å². The molecule has 2 nitrogen and oxygen atoms in total. The molecule has 0 amide bonds. The van der Waals surface area contributed by atoms with Crippen LogP contribution in [0.5, 0.6) is 0 Å². The van der Waals surface area contributed by atoms with E-state index in [9.17, 15) is 0 Å². The lowest BCUT2D eigenvalue weighted by Gasteiger charge is -2.39. The van der Waals surface area contributed by atoms with Gasteiger partial charge in [0.05, 0.1) is 0 Å². The van der Waals surface area contributed by atoms with E-state index in [2.05, 4.69) is 37.4 Å². The van der Waals surface area contributed by atoms with Gasteiger partial charge in [-0.3, -0.25) is 4.90 Å². The SMILES string of the molecule is CCC(C)C(CN)N1CCSC(C)C1. The van der Waals surface area contributed by atoms with E-state index in [1.165, 1.54) is 25.3 Å². The molecule has 1 aliphatic rings. The van der Waals surface area contributed by atoms with Gasteiger partial charge in [0, 0.05) is 36.7 Å². The molecule has 1 saturated heterocycles. The van der Waals surface area contributed by atoms with E-state index < -0.39 is 0 Å². The van der Waals surface area contributed by atoms with Crippen LogP contribution >= 0.6 is 11.8 Å². The lowest BCUT2D eigenvalue weighted by molar-refractivity contribution is 0.157. The molecule has 3 unspecified atom stereocenters. The molecule has 1 rings (SSSR count). The number of nitrogens with zero attached hydrogens (tertiary/aromatic N) is 1. The molecule has 3 atom stereocenters. The molecule has 0 aliphatic carbocycles. The predicted octanol–water partition coefficient (Wildman–Crippen LogP) is 1.80. The molecule has 0 radical (unpaired) electrons. The third-order valence-corrected chi connectivity index (χ3v) is 4.42. The summed E-state index contributed by atoms with van der Waals surface area (Å²) < 4.78 is 0. The number of nitrogens with two attached hydrogens (primary N) is 1. The van der Waals surface area contributed by atoms with Crippen molar-refractivity contribution in [2.45, 2.75) is 38.5 Å². The molecule has 0 saturated carbocycles. The van der Waals surface area contributed by atoms with E-state index in [0.29, 0.717) is 6.04 Å². The summed E-state index contributed by atoms with van der Waals surface area (Å²) in [5.41, 5.74) is 5.88. The second kappa shape index (κ2) is 5.99. The summed E-state index contributed by atoms with van der Waals surface area (Å²) >= 11 is 2.09. The summed E-state index contributed by atoms with van der Waals surface area (Å²) in [6.45, 7) is 10.2. The van der Waals surface area contributed by atoms with Crippen LogP contribution in [-0.2, 0) is 0 Å². The van der Waals surface area contributed by atoms with Gasteiger partial charge in [0.25, 0.3) is 0 Å². The molecule has 1 heterocycles. The summed E-state index contributed by atoms with van der Waals surface area (Å²) in [6.07, 6.45) is 1.24. The number of rotatable bonds is 4. The Hall–Kier alpha value is 0.270. The van der Waals surface area contributed by atoms with Crippen molar-refractivity contribution in [1.29, 1.82) is 0 Å². The van der Waals surface area contributed by atoms with Crippen LogP contribution in [0.2, 0.25) is 0 Å². The highest BCUT2D eigenvalue weighted by Crippen LogP contribution is 2.22. The maximum Gasteiger partial charge on any atom is 0.0244 e. The van der Waals surface area contributed by atoms with E-state index in [0.717, 1.165) is 17.7 Å². The Bertz CT molecular complexity index is 163. The van der Waals surface area contributed by atoms with Crippen molar-refractivity contribution in [3.05, 3.63) is 0 Å². The minimum atomic E-state index is 0.600. The van der Waals surface area contributed by atoms with Crippen LogP contribution in [0.3, 0.4) is 0 Å².